The predicted octanol–water partition coefficient (Wildman–Crippen LogP) is 4.91. The number of alkyl halides is 3. The molecule has 1 saturated heterocycles. The van der Waals surface area contributed by atoms with Crippen molar-refractivity contribution in [3.63, 3.8) is 0 Å². The minimum atomic E-state index is -4.85. The Kier molecular flexibility index (Phi) is 7.20. The normalized spacial score (nSPS) is 15.8. The van der Waals surface area contributed by atoms with Crippen LogP contribution >= 0.6 is 11.6 Å². The topological polar surface area (TPSA) is 41.6 Å². The average molecular weight is 445 g/mol. The van der Waals surface area contributed by atoms with Gasteiger partial charge in [0.2, 0.25) is 5.91 Å². The number of likely N-dealkylation sites (tertiary alicyclic amines) is 1. The van der Waals surface area contributed by atoms with Gasteiger partial charge in [-0.3, -0.25) is 9.69 Å². The van der Waals surface area contributed by atoms with Gasteiger partial charge in [0.25, 0.3) is 0 Å². The third-order valence-electron chi connectivity index (χ3n) is 4.99. The lowest BCUT2D eigenvalue weighted by molar-refractivity contribution is -0.274. The quantitative estimate of drug-likeness (QED) is 0.644. The van der Waals surface area contributed by atoms with Crippen molar-refractivity contribution in [1.82, 2.24) is 10.2 Å². The van der Waals surface area contributed by atoms with Crippen LogP contribution < -0.4 is 10.1 Å². The molecule has 1 aliphatic rings. The van der Waals surface area contributed by atoms with Gasteiger partial charge in [0.1, 0.15) is 11.6 Å². The second kappa shape index (κ2) is 9.66. The highest BCUT2D eigenvalue weighted by Gasteiger charge is 2.32. The highest BCUT2D eigenvalue weighted by Crippen LogP contribution is 2.29. The largest absolute Gasteiger partial charge is 0.573 e. The summed E-state index contributed by atoms with van der Waals surface area (Å²) in [5, 5.41) is 2.80. The van der Waals surface area contributed by atoms with E-state index in [-0.39, 0.29) is 34.8 Å². The van der Waals surface area contributed by atoms with Gasteiger partial charge in [-0.1, -0.05) is 29.8 Å². The number of carbonyl (C=O) groups is 1. The Morgan fingerprint density at radius 3 is 2.43 bits per heavy atom. The maximum Gasteiger partial charge on any atom is 0.573 e. The SMILES string of the molecule is O=C(NCc1ccc(Cl)cc1OC(F)(F)F)C1CCN(Cc2ccc(F)cc2)CC1. The molecule has 1 heterocycles. The first-order valence-electron chi connectivity index (χ1n) is 9.48. The van der Waals surface area contributed by atoms with Gasteiger partial charge in [-0.05, 0) is 55.8 Å². The molecule has 0 atom stereocenters. The fourth-order valence-electron chi connectivity index (χ4n) is 3.42. The molecule has 0 saturated carbocycles. The Bertz CT molecular complexity index is 866. The molecule has 0 unspecified atom stereocenters. The number of benzene rings is 2. The molecular formula is C21H21ClF4N2O2. The van der Waals surface area contributed by atoms with Crippen molar-refractivity contribution in [1.29, 1.82) is 0 Å². The van der Waals surface area contributed by atoms with Crippen LogP contribution in [0, 0.1) is 11.7 Å². The molecule has 2 aromatic rings. The van der Waals surface area contributed by atoms with Crippen molar-refractivity contribution < 1.29 is 27.1 Å². The summed E-state index contributed by atoms with van der Waals surface area (Å²) in [6.45, 7) is 2.01. The third-order valence-corrected chi connectivity index (χ3v) is 5.22. The number of halogens is 5. The van der Waals surface area contributed by atoms with Crippen LogP contribution in [0.25, 0.3) is 0 Å². The number of amides is 1. The molecule has 4 nitrogen and oxygen atoms in total. The van der Waals surface area contributed by atoms with Gasteiger partial charge in [-0.25, -0.2) is 4.39 Å². The van der Waals surface area contributed by atoms with E-state index in [0.717, 1.165) is 11.6 Å². The van der Waals surface area contributed by atoms with E-state index >= 15 is 0 Å². The molecule has 30 heavy (non-hydrogen) atoms. The van der Waals surface area contributed by atoms with E-state index in [1.54, 1.807) is 12.1 Å². The summed E-state index contributed by atoms with van der Waals surface area (Å²) < 4.78 is 54.7. The molecule has 0 spiro atoms. The zero-order valence-corrected chi connectivity index (χ0v) is 16.8. The van der Waals surface area contributed by atoms with E-state index in [1.165, 1.54) is 24.3 Å². The minimum Gasteiger partial charge on any atom is -0.405 e. The number of nitrogens with zero attached hydrogens (tertiary/aromatic N) is 1. The van der Waals surface area contributed by atoms with Gasteiger partial charge < -0.3 is 10.1 Å². The van der Waals surface area contributed by atoms with Crippen LogP contribution in [0.5, 0.6) is 5.75 Å². The molecule has 0 aliphatic carbocycles. The van der Waals surface area contributed by atoms with Crippen LogP contribution in [0.3, 0.4) is 0 Å². The molecule has 1 aliphatic heterocycles. The van der Waals surface area contributed by atoms with Crippen molar-refractivity contribution in [2.75, 3.05) is 13.1 Å². The summed E-state index contributed by atoms with van der Waals surface area (Å²) in [4.78, 5) is 14.7. The molecule has 9 heteroatoms. The fraction of sp³-hybridized carbons (Fsp3) is 0.381. The van der Waals surface area contributed by atoms with Crippen molar-refractivity contribution >= 4 is 17.5 Å². The molecule has 3 rings (SSSR count). The Hall–Kier alpha value is -2.32. The van der Waals surface area contributed by atoms with Gasteiger partial charge in [-0.15, -0.1) is 13.2 Å². The van der Waals surface area contributed by atoms with Crippen molar-refractivity contribution in [2.24, 2.45) is 5.92 Å². The zero-order chi connectivity index (χ0) is 21.7. The van der Waals surface area contributed by atoms with Gasteiger partial charge >= 0.3 is 6.36 Å². The van der Waals surface area contributed by atoms with Gasteiger partial charge in [-0.2, -0.15) is 0 Å². The lowest BCUT2D eigenvalue weighted by Gasteiger charge is -2.31. The monoisotopic (exact) mass is 444 g/mol. The highest BCUT2D eigenvalue weighted by molar-refractivity contribution is 6.30. The second-order valence-corrected chi connectivity index (χ2v) is 7.63. The summed E-state index contributed by atoms with van der Waals surface area (Å²) in [6.07, 6.45) is -3.57. The molecule has 1 amide bonds. The van der Waals surface area contributed by atoms with Gasteiger partial charge in [0.05, 0.1) is 0 Å². The van der Waals surface area contributed by atoms with E-state index in [2.05, 4.69) is 15.0 Å². The number of hydrogen-bond acceptors (Lipinski definition) is 3. The predicted molar refractivity (Wildman–Crippen MR) is 104 cm³/mol. The third kappa shape index (κ3) is 6.60. The maximum atomic E-state index is 13.0. The van der Waals surface area contributed by atoms with Crippen LogP contribution in [0.2, 0.25) is 5.02 Å². The summed E-state index contributed by atoms with van der Waals surface area (Å²) in [5.74, 6) is -1.12. The highest BCUT2D eigenvalue weighted by atomic mass is 35.5. The standard InChI is InChI=1S/C21H21ClF4N2O2/c22-17-4-3-16(19(11-17)30-21(24,25)26)12-27-20(29)15-7-9-28(10-8-15)13-14-1-5-18(23)6-2-14/h1-6,11,15H,7-10,12-13H2,(H,27,29). The van der Waals surface area contributed by atoms with Crippen molar-refractivity contribution in [3.8, 4) is 5.75 Å². The Labute approximate surface area is 176 Å². The molecule has 162 valence electrons. The van der Waals surface area contributed by atoms with E-state index in [1.807, 2.05) is 0 Å². The van der Waals surface area contributed by atoms with Crippen LogP contribution in [0.15, 0.2) is 42.5 Å². The summed E-state index contributed by atoms with van der Waals surface area (Å²) in [6, 6.07) is 10.2. The number of piperidine rings is 1. The van der Waals surface area contributed by atoms with Crippen LogP contribution in [0.4, 0.5) is 17.6 Å². The summed E-state index contributed by atoms with van der Waals surface area (Å²) >= 11 is 5.75. The fourth-order valence-corrected chi connectivity index (χ4v) is 3.58. The first kappa shape index (κ1) is 22.4. The molecule has 0 radical (unpaired) electrons. The van der Waals surface area contributed by atoms with Crippen LogP contribution in [0.1, 0.15) is 24.0 Å². The number of rotatable bonds is 6. The van der Waals surface area contributed by atoms with Crippen molar-refractivity contribution in [3.05, 3.63) is 64.4 Å². The maximum absolute atomic E-state index is 13.0. The number of nitrogens with one attached hydrogen (secondary N) is 1. The smallest absolute Gasteiger partial charge is 0.405 e. The molecule has 0 aromatic heterocycles. The molecule has 2 aromatic carbocycles. The molecule has 1 N–H and O–H groups in total. The Balaban J connectivity index is 1.50. The van der Waals surface area contributed by atoms with E-state index in [9.17, 15) is 22.4 Å². The first-order chi connectivity index (χ1) is 14.2. The van der Waals surface area contributed by atoms with Crippen LogP contribution in [-0.2, 0) is 17.9 Å². The summed E-state index contributed by atoms with van der Waals surface area (Å²) in [5.41, 5.74) is 1.19. The molecular weight excluding hydrogens is 424 g/mol. The lowest BCUT2D eigenvalue weighted by Crippen LogP contribution is -2.40. The van der Waals surface area contributed by atoms with Gasteiger partial charge in [0.15, 0.2) is 0 Å². The molecule has 0 bridgehead atoms. The number of ether oxygens (including phenoxy) is 1. The summed E-state index contributed by atoms with van der Waals surface area (Å²) in [7, 11) is 0. The minimum absolute atomic E-state index is 0.0861. The van der Waals surface area contributed by atoms with E-state index in [0.29, 0.717) is 32.5 Å². The number of hydrogen-bond donors (Lipinski definition) is 1. The Morgan fingerprint density at radius 1 is 1.13 bits per heavy atom. The van der Waals surface area contributed by atoms with Gasteiger partial charge in [0, 0.05) is 29.6 Å². The Morgan fingerprint density at radius 2 is 1.80 bits per heavy atom. The first-order valence-corrected chi connectivity index (χ1v) is 9.86. The number of carbonyl (C=O) groups excluding carboxylic acids is 1. The zero-order valence-electron chi connectivity index (χ0n) is 16.0. The van der Waals surface area contributed by atoms with Crippen molar-refractivity contribution in [2.45, 2.75) is 32.3 Å². The second-order valence-electron chi connectivity index (χ2n) is 7.19. The van der Waals surface area contributed by atoms with E-state index < -0.39 is 12.1 Å². The van der Waals surface area contributed by atoms with Crippen LogP contribution in [-0.4, -0.2) is 30.3 Å². The lowest BCUT2D eigenvalue weighted by atomic mass is 9.95. The van der Waals surface area contributed by atoms with E-state index in [4.69, 9.17) is 11.6 Å². The molecule has 1 fully saturated rings. The average Bonchev–Trinajstić information content (AvgIpc) is 2.68.